The van der Waals surface area contributed by atoms with Crippen LogP contribution in [-0.2, 0) is 16.4 Å². The average Bonchev–Trinajstić information content (AvgIpc) is 2.40. The lowest BCUT2D eigenvalue weighted by Gasteiger charge is -2.02. The first-order valence-corrected chi connectivity index (χ1v) is 6.76. The van der Waals surface area contributed by atoms with E-state index in [2.05, 4.69) is 10.5 Å². The fourth-order valence-corrected chi connectivity index (χ4v) is 1.74. The van der Waals surface area contributed by atoms with E-state index in [0.29, 0.717) is 13.1 Å². The molecule has 0 fully saturated rings. The van der Waals surface area contributed by atoms with Crippen molar-refractivity contribution in [2.24, 2.45) is 0 Å². The molecular formula is C9H16N2O3S. The minimum atomic E-state index is -2.89. The summed E-state index contributed by atoms with van der Waals surface area (Å²) in [7, 11) is -2.89. The molecular weight excluding hydrogens is 216 g/mol. The molecule has 0 atom stereocenters. The first-order chi connectivity index (χ1) is 6.90. The molecule has 5 nitrogen and oxygen atoms in total. The molecule has 0 aliphatic rings. The predicted molar refractivity (Wildman–Crippen MR) is 57.4 cm³/mol. The van der Waals surface area contributed by atoms with Crippen molar-refractivity contribution in [2.45, 2.75) is 20.4 Å². The quantitative estimate of drug-likeness (QED) is 0.745. The van der Waals surface area contributed by atoms with Crippen molar-refractivity contribution in [1.82, 2.24) is 10.5 Å². The summed E-state index contributed by atoms with van der Waals surface area (Å²) in [4.78, 5) is 0. The van der Waals surface area contributed by atoms with Gasteiger partial charge in [-0.25, -0.2) is 8.42 Å². The minimum Gasteiger partial charge on any atom is -0.361 e. The van der Waals surface area contributed by atoms with Gasteiger partial charge in [0.15, 0.2) is 0 Å². The topological polar surface area (TPSA) is 72.2 Å². The molecule has 86 valence electrons. The van der Waals surface area contributed by atoms with Crippen LogP contribution in [0.2, 0.25) is 0 Å². The number of aryl methyl sites for hydroxylation is 2. The van der Waals surface area contributed by atoms with Crippen molar-refractivity contribution >= 4 is 9.84 Å². The maximum atomic E-state index is 10.9. The Morgan fingerprint density at radius 3 is 2.53 bits per heavy atom. The normalized spacial score (nSPS) is 11.9. The molecule has 0 saturated heterocycles. The zero-order valence-corrected chi connectivity index (χ0v) is 10.0. The van der Waals surface area contributed by atoms with Gasteiger partial charge in [-0.1, -0.05) is 5.16 Å². The Morgan fingerprint density at radius 2 is 2.07 bits per heavy atom. The van der Waals surface area contributed by atoms with Gasteiger partial charge in [0, 0.05) is 24.9 Å². The lowest BCUT2D eigenvalue weighted by Crippen LogP contribution is -2.22. The van der Waals surface area contributed by atoms with Crippen LogP contribution in [0, 0.1) is 13.8 Å². The Kier molecular flexibility index (Phi) is 3.87. The summed E-state index contributed by atoms with van der Waals surface area (Å²) in [5.41, 5.74) is 1.85. The van der Waals surface area contributed by atoms with Gasteiger partial charge in [0.1, 0.15) is 15.6 Å². The monoisotopic (exact) mass is 232 g/mol. The molecule has 1 aromatic heterocycles. The number of sulfone groups is 1. The maximum Gasteiger partial charge on any atom is 0.148 e. The highest BCUT2D eigenvalue weighted by Gasteiger charge is 2.08. The Balaban J connectivity index is 2.39. The van der Waals surface area contributed by atoms with Crippen LogP contribution in [0.1, 0.15) is 17.0 Å². The number of rotatable bonds is 5. The number of aromatic nitrogens is 1. The van der Waals surface area contributed by atoms with E-state index in [9.17, 15) is 8.42 Å². The van der Waals surface area contributed by atoms with Gasteiger partial charge in [-0.2, -0.15) is 0 Å². The van der Waals surface area contributed by atoms with Crippen LogP contribution in [-0.4, -0.2) is 32.1 Å². The van der Waals surface area contributed by atoms with Crippen molar-refractivity contribution in [2.75, 3.05) is 18.6 Å². The molecule has 0 unspecified atom stereocenters. The standard InChI is InChI=1S/C9H16N2O3S/c1-7-9(8(2)14-11-7)6-10-4-5-15(3,12)13/h10H,4-6H2,1-3H3. The molecule has 0 amide bonds. The van der Waals surface area contributed by atoms with E-state index in [1.54, 1.807) is 0 Å². The Bertz CT molecular complexity index is 403. The zero-order valence-electron chi connectivity index (χ0n) is 9.20. The first-order valence-electron chi connectivity index (χ1n) is 4.70. The maximum absolute atomic E-state index is 10.9. The van der Waals surface area contributed by atoms with E-state index in [0.717, 1.165) is 17.0 Å². The highest BCUT2D eigenvalue weighted by molar-refractivity contribution is 7.90. The largest absolute Gasteiger partial charge is 0.361 e. The molecule has 6 heteroatoms. The van der Waals surface area contributed by atoms with Crippen LogP contribution < -0.4 is 5.32 Å². The molecule has 0 aliphatic heterocycles. The van der Waals surface area contributed by atoms with Gasteiger partial charge in [-0.3, -0.25) is 0 Å². The molecule has 0 radical (unpaired) electrons. The van der Waals surface area contributed by atoms with Crippen molar-refractivity contribution < 1.29 is 12.9 Å². The Morgan fingerprint density at radius 1 is 1.40 bits per heavy atom. The minimum absolute atomic E-state index is 0.149. The van der Waals surface area contributed by atoms with Gasteiger partial charge in [-0.05, 0) is 13.8 Å². The molecule has 1 rings (SSSR count). The van der Waals surface area contributed by atoms with Gasteiger partial charge < -0.3 is 9.84 Å². The predicted octanol–water partition coefficient (Wildman–Crippen LogP) is 0.426. The molecule has 0 aromatic carbocycles. The molecule has 0 aliphatic carbocycles. The molecule has 15 heavy (non-hydrogen) atoms. The molecule has 1 N–H and O–H groups in total. The van der Waals surface area contributed by atoms with E-state index in [1.165, 1.54) is 6.26 Å². The van der Waals surface area contributed by atoms with Crippen LogP contribution in [0.15, 0.2) is 4.52 Å². The van der Waals surface area contributed by atoms with E-state index in [-0.39, 0.29) is 5.75 Å². The van der Waals surface area contributed by atoms with Crippen LogP contribution in [0.25, 0.3) is 0 Å². The highest BCUT2D eigenvalue weighted by Crippen LogP contribution is 2.10. The van der Waals surface area contributed by atoms with Crippen LogP contribution in [0.4, 0.5) is 0 Å². The molecule has 0 spiro atoms. The van der Waals surface area contributed by atoms with Gasteiger partial charge in [0.05, 0.1) is 11.4 Å². The second-order valence-electron chi connectivity index (χ2n) is 3.61. The van der Waals surface area contributed by atoms with Crippen molar-refractivity contribution in [1.29, 1.82) is 0 Å². The van der Waals surface area contributed by atoms with Crippen molar-refractivity contribution in [3.8, 4) is 0 Å². The lowest BCUT2D eigenvalue weighted by atomic mass is 10.2. The third-order valence-electron chi connectivity index (χ3n) is 2.13. The third kappa shape index (κ3) is 4.01. The summed E-state index contributed by atoms with van der Waals surface area (Å²) in [5, 5.41) is 6.86. The molecule has 0 bridgehead atoms. The highest BCUT2D eigenvalue weighted by atomic mass is 32.2. The fraction of sp³-hybridized carbons (Fsp3) is 0.667. The van der Waals surface area contributed by atoms with E-state index < -0.39 is 9.84 Å². The van der Waals surface area contributed by atoms with Gasteiger partial charge in [-0.15, -0.1) is 0 Å². The van der Waals surface area contributed by atoms with E-state index in [4.69, 9.17) is 4.52 Å². The summed E-state index contributed by atoms with van der Waals surface area (Å²) >= 11 is 0. The molecule has 1 heterocycles. The fourth-order valence-electron chi connectivity index (χ4n) is 1.23. The van der Waals surface area contributed by atoms with Gasteiger partial charge in [0.2, 0.25) is 0 Å². The van der Waals surface area contributed by atoms with Gasteiger partial charge >= 0.3 is 0 Å². The smallest absolute Gasteiger partial charge is 0.148 e. The zero-order chi connectivity index (χ0) is 11.5. The van der Waals surface area contributed by atoms with Crippen LogP contribution >= 0.6 is 0 Å². The number of hydrogen-bond acceptors (Lipinski definition) is 5. The molecule has 1 aromatic rings. The molecule has 0 saturated carbocycles. The summed E-state index contributed by atoms with van der Waals surface area (Å²) < 4.78 is 26.7. The van der Waals surface area contributed by atoms with E-state index in [1.807, 2.05) is 13.8 Å². The van der Waals surface area contributed by atoms with Crippen molar-refractivity contribution in [3.63, 3.8) is 0 Å². The number of nitrogens with zero attached hydrogens (tertiary/aromatic N) is 1. The summed E-state index contributed by atoms with van der Waals surface area (Å²) in [6, 6.07) is 0. The van der Waals surface area contributed by atoms with E-state index >= 15 is 0 Å². The van der Waals surface area contributed by atoms with Crippen LogP contribution in [0.5, 0.6) is 0 Å². The summed E-state index contributed by atoms with van der Waals surface area (Å²) in [6.45, 7) is 4.75. The van der Waals surface area contributed by atoms with Crippen molar-refractivity contribution in [3.05, 3.63) is 17.0 Å². The Labute approximate surface area is 89.8 Å². The summed E-state index contributed by atoms with van der Waals surface area (Å²) in [5.74, 6) is 0.926. The SMILES string of the molecule is Cc1noc(C)c1CNCCS(C)(=O)=O. The second kappa shape index (κ2) is 4.76. The average molecular weight is 232 g/mol. The number of hydrogen-bond donors (Lipinski definition) is 1. The summed E-state index contributed by atoms with van der Waals surface area (Å²) in [6.07, 6.45) is 1.23. The van der Waals surface area contributed by atoms with Gasteiger partial charge in [0.25, 0.3) is 0 Å². The van der Waals surface area contributed by atoms with Crippen LogP contribution in [0.3, 0.4) is 0 Å². The third-order valence-corrected chi connectivity index (χ3v) is 3.08. The lowest BCUT2D eigenvalue weighted by molar-refractivity contribution is 0.392. The second-order valence-corrected chi connectivity index (χ2v) is 5.87. The first kappa shape index (κ1) is 12.2. The Hall–Kier alpha value is -0.880. The number of nitrogens with one attached hydrogen (secondary N) is 1.